The Kier molecular flexibility index (Phi) is 5.61. The maximum absolute atomic E-state index is 12.9. The summed E-state index contributed by atoms with van der Waals surface area (Å²) in [5, 5.41) is 0. The Morgan fingerprint density at radius 2 is 1.22 bits per heavy atom. The van der Waals surface area contributed by atoms with Gasteiger partial charge in [-0.05, 0) is 36.6 Å². The predicted molar refractivity (Wildman–Crippen MR) is 113 cm³/mol. The number of esters is 1. The number of hydrogen-bond acceptors (Lipinski definition) is 6. The average molecular weight is 434 g/mol. The van der Waals surface area contributed by atoms with Crippen LogP contribution in [0.4, 0.5) is 0 Å². The van der Waals surface area contributed by atoms with Crippen molar-refractivity contribution in [1.29, 1.82) is 0 Å². The van der Waals surface area contributed by atoms with Gasteiger partial charge in [0, 0.05) is 0 Å². The van der Waals surface area contributed by atoms with Gasteiger partial charge in [0.1, 0.15) is 12.6 Å². The molecule has 0 unspecified atom stereocenters. The van der Waals surface area contributed by atoms with Crippen LogP contribution in [0.5, 0.6) is 0 Å². The standard InChI is InChI=1S/C24H22N2O6/c1-14(2)13-19(26-22(29)17-9-5-6-10-18(17)23(26)30)24(31)32-12-11-25-20(27)15-7-3-4-8-16(15)21(25)28/h3-10,14,19H,11-13H2,1-2H3/t19-/m1/s1. The lowest BCUT2D eigenvalue weighted by Gasteiger charge is -2.26. The van der Waals surface area contributed by atoms with Gasteiger partial charge >= 0.3 is 5.97 Å². The Labute approximate surface area is 184 Å². The smallest absolute Gasteiger partial charge is 0.329 e. The summed E-state index contributed by atoms with van der Waals surface area (Å²) >= 11 is 0. The Hall–Kier alpha value is -3.81. The minimum absolute atomic E-state index is 0.00750. The average Bonchev–Trinajstić information content (AvgIpc) is 3.17. The molecule has 164 valence electrons. The van der Waals surface area contributed by atoms with Crippen LogP contribution in [-0.2, 0) is 9.53 Å². The molecule has 2 aliphatic rings. The third kappa shape index (κ3) is 3.57. The first kappa shape index (κ1) is 21.4. The van der Waals surface area contributed by atoms with E-state index in [1.165, 1.54) is 0 Å². The summed E-state index contributed by atoms with van der Waals surface area (Å²) < 4.78 is 5.34. The van der Waals surface area contributed by atoms with Crippen LogP contribution in [0.3, 0.4) is 0 Å². The summed E-state index contributed by atoms with van der Waals surface area (Å²) in [6.45, 7) is 3.39. The molecule has 4 rings (SSSR count). The van der Waals surface area contributed by atoms with E-state index in [4.69, 9.17) is 4.74 Å². The van der Waals surface area contributed by atoms with Crippen molar-refractivity contribution in [1.82, 2.24) is 9.80 Å². The van der Waals surface area contributed by atoms with Gasteiger partial charge in [-0.1, -0.05) is 38.1 Å². The highest BCUT2D eigenvalue weighted by Crippen LogP contribution is 2.27. The molecule has 0 saturated heterocycles. The molecule has 0 radical (unpaired) electrons. The number of nitrogens with zero attached hydrogens (tertiary/aromatic N) is 2. The third-order valence-electron chi connectivity index (χ3n) is 5.54. The van der Waals surface area contributed by atoms with Gasteiger partial charge in [0.25, 0.3) is 23.6 Å². The summed E-state index contributed by atoms with van der Waals surface area (Å²) in [5.74, 6) is -2.69. The summed E-state index contributed by atoms with van der Waals surface area (Å²) in [6, 6.07) is 11.8. The molecular formula is C24H22N2O6. The van der Waals surface area contributed by atoms with Gasteiger partial charge in [0.2, 0.25) is 0 Å². The zero-order valence-corrected chi connectivity index (χ0v) is 17.7. The van der Waals surface area contributed by atoms with Crippen molar-refractivity contribution in [3.8, 4) is 0 Å². The highest BCUT2D eigenvalue weighted by molar-refractivity contribution is 6.23. The van der Waals surface area contributed by atoms with E-state index in [1.54, 1.807) is 48.5 Å². The first-order chi connectivity index (χ1) is 15.3. The molecule has 0 aliphatic carbocycles. The SMILES string of the molecule is CC(C)C[C@H](C(=O)OCCN1C(=O)c2ccccc2C1=O)N1C(=O)c2ccccc2C1=O. The van der Waals surface area contributed by atoms with Crippen molar-refractivity contribution in [2.75, 3.05) is 13.2 Å². The van der Waals surface area contributed by atoms with Gasteiger partial charge in [-0.2, -0.15) is 0 Å². The summed E-state index contributed by atoms with van der Waals surface area (Å²) in [6.07, 6.45) is 0.233. The molecule has 0 N–H and O–H groups in total. The summed E-state index contributed by atoms with van der Waals surface area (Å²) in [5.41, 5.74) is 1.13. The molecule has 32 heavy (non-hydrogen) atoms. The van der Waals surface area contributed by atoms with Crippen molar-refractivity contribution < 1.29 is 28.7 Å². The maximum atomic E-state index is 12.9. The zero-order valence-electron chi connectivity index (χ0n) is 17.7. The first-order valence-corrected chi connectivity index (χ1v) is 10.4. The number of benzene rings is 2. The second-order valence-electron chi connectivity index (χ2n) is 8.15. The van der Waals surface area contributed by atoms with Gasteiger partial charge in [-0.3, -0.25) is 29.0 Å². The summed E-state index contributed by atoms with van der Waals surface area (Å²) in [7, 11) is 0. The lowest BCUT2D eigenvalue weighted by atomic mass is 10.0. The quantitative estimate of drug-likeness (QED) is 0.490. The molecule has 2 aliphatic heterocycles. The van der Waals surface area contributed by atoms with Crippen LogP contribution < -0.4 is 0 Å². The number of carbonyl (C=O) groups is 5. The van der Waals surface area contributed by atoms with Gasteiger partial charge in [-0.15, -0.1) is 0 Å². The predicted octanol–water partition coefficient (Wildman–Crippen LogP) is 2.54. The van der Waals surface area contributed by atoms with Gasteiger partial charge in [-0.25, -0.2) is 4.79 Å². The minimum atomic E-state index is -1.09. The van der Waals surface area contributed by atoms with E-state index in [0.29, 0.717) is 11.1 Å². The maximum Gasteiger partial charge on any atom is 0.329 e. The molecule has 0 fully saturated rings. The molecule has 2 heterocycles. The second-order valence-corrected chi connectivity index (χ2v) is 8.15. The molecule has 8 heteroatoms. The molecule has 0 aromatic heterocycles. The fourth-order valence-electron chi connectivity index (χ4n) is 4.02. The van der Waals surface area contributed by atoms with Crippen molar-refractivity contribution >= 4 is 29.6 Å². The van der Waals surface area contributed by atoms with Crippen LogP contribution in [0, 0.1) is 5.92 Å². The van der Waals surface area contributed by atoms with E-state index in [1.807, 2.05) is 13.8 Å². The fraction of sp³-hybridized carbons (Fsp3) is 0.292. The zero-order chi connectivity index (χ0) is 23.0. The summed E-state index contributed by atoms with van der Waals surface area (Å²) in [4.78, 5) is 65.4. The van der Waals surface area contributed by atoms with Crippen LogP contribution in [0.2, 0.25) is 0 Å². The fourth-order valence-corrected chi connectivity index (χ4v) is 4.02. The monoisotopic (exact) mass is 434 g/mol. The third-order valence-corrected chi connectivity index (χ3v) is 5.54. The molecule has 4 amide bonds. The van der Waals surface area contributed by atoms with E-state index in [0.717, 1.165) is 9.80 Å². The van der Waals surface area contributed by atoms with Crippen molar-refractivity contribution in [2.45, 2.75) is 26.3 Å². The van der Waals surface area contributed by atoms with E-state index in [9.17, 15) is 24.0 Å². The van der Waals surface area contributed by atoms with E-state index in [2.05, 4.69) is 0 Å². The van der Waals surface area contributed by atoms with Gasteiger partial charge in [0.15, 0.2) is 0 Å². The van der Waals surface area contributed by atoms with Crippen LogP contribution in [0.1, 0.15) is 61.7 Å². The van der Waals surface area contributed by atoms with E-state index in [-0.39, 0.29) is 36.6 Å². The number of carbonyl (C=O) groups excluding carboxylic acids is 5. The molecule has 8 nitrogen and oxygen atoms in total. The van der Waals surface area contributed by atoms with Crippen LogP contribution in [0.25, 0.3) is 0 Å². The van der Waals surface area contributed by atoms with E-state index < -0.39 is 35.6 Å². The van der Waals surface area contributed by atoms with Crippen molar-refractivity contribution in [3.05, 3.63) is 70.8 Å². The number of fused-ring (bicyclic) bond motifs is 2. The van der Waals surface area contributed by atoms with E-state index >= 15 is 0 Å². The second kappa shape index (κ2) is 8.37. The Balaban J connectivity index is 1.45. The van der Waals surface area contributed by atoms with Gasteiger partial charge in [0.05, 0.1) is 28.8 Å². The van der Waals surface area contributed by atoms with Crippen LogP contribution in [0.15, 0.2) is 48.5 Å². The first-order valence-electron chi connectivity index (χ1n) is 10.4. The molecular weight excluding hydrogens is 412 g/mol. The normalized spacial score (nSPS) is 16.0. The lowest BCUT2D eigenvalue weighted by molar-refractivity contribution is -0.149. The van der Waals surface area contributed by atoms with Gasteiger partial charge < -0.3 is 4.74 Å². The number of hydrogen-bond donors (Lipinski definition) is 0. The van der Waals surface area contributed by atoms with Crippen molar-refractivity contribution in [3.63, 3.8) is 0 Å². The number of amides is 4. The highest BCUT2D eigenvalue weighted by Gasteiger charge is 2.43. The largest absolute Gasteiger partial charge is 0.462 e. The lowest BCUT2D eigenvalue weighted by Crippen LogP contribution is -2.47. The Morgan fingerprint density at radius 1 is 0.781 bits per heavy atom. The topological polar surface area (TPSA) is 101 Å². The van der Waals surface area contributed by atoms with Crippen LogP contribution >= 0.6 is 0 Å². The molecule has 0 bridgehead atoms. The molecule has 2 aromatic rings. The number of ether oxygens (including phenoxy) is 1. The van der Waals surface area contributed by atoms with Crippen molar-refractivity contribution in [2.24, 2.45) is 5.92 Å². The highest BCUT2D eigenvalue weighted by atomic mass is 16.5. The molecule has 1 atom stereocenters. The molecule has 0 spiro atoms. The van der Waals surface area contributed by atoms with Crippen LogP contribution in [-0.4, -0.2) is 58.6 Å². The Bertz CT molecular complexity index is 1070. The number of rotatable bonds is 7. The Morgan fingerprint density at radius 3 is 1.66 bits per heavy atom. The number of imide groups is 2. The molecule has 2 aromatic carbocycles. The minimum Gasteiger partial charge on any atom is -0.462 e. The molecule has 0 saturated carbocycles.